The van der Waals surface area contributed by atoms with Gasteiger partial charge >= 0.3 is 12.4 Å². The molecule has 3 rings (SSSR count). The Morgan fingerprint density at radius 2 is 1.30 bits per heavy atom. The third-order valence-electron chi connectivity index (χ3n) is 4.75. The highest BCUT2D eigenvalue weighted by molar-refractivity contribution is 6.03. The summed E-state index contributed by atoms with van der Waals surface area (Å²) in [6.45, 7) is 0. The molecule has 0 aromatic heterocycles. The Kier molecular flexibility index (Phi) is 6.91. The number of alkyl halides is 6. The van der Waals surface area contributed by atoms with Gasteiger partial charge < -0.3 is 4.74 Å². The molecule has 2 aromatic rings. The number of ether oxygens (including phenoxy) is 1. The average Bonchev–Trinajstić information content (AvgIpc) is 2.80. The summed E-state index contributed by atoms with van der Waals surface area (Å²) in [6.07, 6.45) is -8.81. The smallest absolute Gasteiger partial charge is 0.416 e. The van der Waals surface area contributed by atoms with Gasteiger partial charge in [0.2, 0.25) is 0 Å². The summed E-state index contributed by atoms with van der Waals surface area (Å²) >= 11 is 0. The number of ketones is 1. The fraction of sp³-hybridized carbons (Fsp3) is 0.0870. The van der Waals surface area contributed by atoms with Crippen LogP contribution in [0.4, 0.5) is 43.9 Å². The third kappa shape index (κ3) is 5.18. The van der Waals surface area contributed by atoms with Crippen LogP contribution in [0.1, 0.15) is 22.3 Å². The van der Waals surface area contributed by atoms with Gasteiger partial charge in [0.05, 0.1) is 22.3 Å². The van der Waals surface area contributed by atoms with Crippen LogP contribution in [0.3, 0.4) is 0 Å². The maximum atomic E-state index is 14.6. The third-order valence-corrected chi connectivity index (χ3v) is 4.75. The highest BCUT2D eigenvalue weighted by Crippen LogP contribution is 2.40. The summed E-state index contributed by atoms with van der Waals surface area (Å²) in [5.41, 5.74) is -9.03. The molecule has 190 valence electrons. The molecule has 0 amide bonds. The molecule has 4 nitrogen and oxygen atoms in total. The van der Waals surface area contributed by atoms with Gasteiger partial charge in [0, 0.05) is 11.6 Å². The van der Waals surface area contributed by atoms with E-state index >= 15 is 0 Å². The molecular formula is C23H6F10N2O2. The average molecular weight is 532 g/mol. The summed E-state index contributed by atoms with van der Waals surface area (Å²) in [5, 5.41) is 18.2. The number of allylic oxidation sites excluding steroid dienone is 4. The van der Waals surface area contributed by atoms with Gasteiger partial charge in [0.1, 0.15) is 29.2 Å². The van der Waals surface area contributed by atoms with Crippen molar-refractivity contribution in [2.45, 2.75) is 12.4 Å². The van der Waals surface area contributed by atoms with E-state index in [1.54, 1.807) is 0 Å². The molecule has 0 heterocycles. The Labute approximate surface area is 199 Å². The fourth-order valence-electron chi connectivity index (χ4n) is 3.11. The highest BCUT2D eigenvalue weighted by Gasteiger charge is 2.38. The second-order valence-electron chi connectivity index (χ2n) is 7.11. The number of nitriles is 2. The van der Waals surface area contributed by atoms with E-state index < -0.39 is 86.3 Å². The van der Waals surface area contributed by atoms with E-state index in [0.717, 1.165) is 6.07 Å². The summed E-state index contributed by atoms with van der Waals surface area (Å²) in [6, 6.07) is 2.09. The van der Waals surface area contributed by atoms with Crippen molar-refractivity contribution >= 4 is 11.4 Å². The van der Waals surface area contributed by atoms with E-state index in [9.17, 15) is 54.0 Å². The summed E-state index contributed by atoms with van der Waals surface area (Å²) in [4.78, 5) is 11.8. The lowest BCUT2D eigenvalue weighted by molar-refractivity contribution is -0.143. The molecule has 0 fully saturated rings. The second-order valence-corrected chi connectivity index (χ2v) is 7.11. The van der Waals surface area contributed by atoms with Crippen LogP contribution >= 0.6 is 0 Å². The molecule has 2 aromatic carbocycles. The van der Waals surface area contributed by atoms with Crippen molar-refractivity contribution in [3.05, 3.63) is 93.3 Å². The molecule has 37 heavy (non-hydrogen) atoms. The zero-order valence-corrected chi connectivity index (χ0v) is 17.5. The number of nitrogens with zero attached hydrogens (tertiary/aromatic N) is 2. The molecular weight excluding hydrogens is 526 g/mol. The first-order valence-electron chi connectivity index (χ1n) is 9.42. The first kappa shape index (κ1) is 27.0. The SMILES string of the molecule is N#C/C(=C1/C=CC(=O)C=C1Oc1cc(C(F)(F)F)cc(C(F)(F)F)c1)c1c(F)c(F)c(C#N)c(F)c1F. The molecule has 0 unspecified atom stereocenters. The molecule has 0 radical (unpaired) electrons. The first-order valence-corrected chi connectivity index (χ1v) is 9.42. The Morgan fingerprint density at radius 3 is 1.73 bits per heavy atom. The van der Waals surface area contributed by atoms with E-state index in [1.807, 2.05) is 0 Å². The first-order chi connectivity index (χ1) is 17.1. The van der Waals surface area contributed by atoms with Crippen LogP contribution in [0, 0.1) is 45.9 Å². The van der Waals surface area contributed by atoms with E-state index in [0.29, 0.717) is 18.2 Å². The van der Waals surface area contributed by atoms with Gasteiger partial charge in [-0.25, -0.2) is 17.6 Å². The molecule has 1 aliphatic carbocycles. The molecule has 14 heteroatoms. The van der Waals surface area contributed by atoms with Crippen LogP contribution in [0.25, 0.3) is 5.57 Å². The lowest BCUT2D eigenvalue weighted by Crippen LogP contribution is -2.13. The molecule has 0 N–H and O–H groups in total. The standard InChI is InChI=1S/C23H6F10N2O2/c24-18-15(8-35)19(25)21(27)17(20(18)26)14(7-34)13-2-1-11(36)6-16(13)37-12-4-9(22(28,29)30)3-10(5-12)23(31,32)33/h1-6H/b14-13+. The predicted octanol–water partition coefficient (Wildman–Crippen LogP) is 6.53. The van der Waals surface area contributed by atoms with Crippen molar-refractivity contribution in [2.24, 2.45) is 0 Å². The van der Waals surface area contributed by atoms with Gasteiger partial charge in [-0.3, -0.25) is 4.79 Å². The van der Waals surface area contributed by atoms with Gasteiger partial charge in [-0.15, -0.1) is 0 Å². The summed E-state index contributed by atoms with van der Waals surface area (Å²) < 4.78 is 141. The number of carbonyl (C=O) groups is 1. The Morgan fingerprint density at radius 1 is 0.784 bits per heavy atom. The van der Waals surface area contributed by atoms with Crippen LogP contribution in [-0.2, 0) is 17.1 Å². The number of halogens is 10. The quantitative estimate of drug-likeness (QED) is 0.256. The second kappa shape index (κ2) is 9.46. The van der Waals surface area contributed by atoms with E-state index in [2.05, 4.69) is 0 Å². The Hall–Kier alpha value is -4.59. The van der Waals surface area contributed by atoms with Crippen LogP contribution < -0.4 is 4.74 Å². The molecule has 0 aliphatic heterocycles. The lowest BCUT2D eigenvalue weighted by Gasteiger charge is -2.19. The van der Waals surface area contributed by atoms with Crippen LogP contribution in [0.2, 0.25) is 0 Å². The minimum atomic E-state index is -5.28. The lowest BCUT2D eigenvalue weighted by atomic mass is 9.94. The molecule has 0 atom stereocenters. The van der Waals surface area contributed by atoms with Crippen molar-refractivity contribution in [1.29, 1.82) is 10.5 Å². The van der Waals surface area contributed by atoms with E-state index in [1.165, 1.54) is 6.07 Å². The van der Waals surface area contributed by atoms with Crippen molar-refractivity contribution in [3.8, 4) is 17.9 Å². The number of hydrogen-bond donors (Lipinski definition) is 0. The van der Waals surface area contributed by atoms with E-state index in [-0.39, 0.29) is 18.2 Å². The summed E-state index contributed by atoms with van der Waals surface area (Å²) in [7, 11) is 0. The number of carbonyl (C=O) groups excluding carboxylic acids is 1. The number of hydrogen-bond acceptors (Lipinski definition) is 4. The van der Waals surface area contributed by atoms with Crippen LogP contribution in [0.5, 0.6) is 5.75 Å². The van der Waals surface area contributed by atoms with Gasteiger partial charge in [0.15, 0.2) is 29.1 Å². The van der Waals surface area contributed by atoms with Gasteiger partial charge in [0.25, 0.3) is 0 Å². The molecule has 0 spiro atoms. The number of rotatable bonds is 3. The normalized spacial score (nSPS) is 15.1. The monoisotopic (exact) mass is 532 g/mol. The molecule has 0 saturated carbocycles. The van der Waals surface area contributed by atoms with Crippen molar-refractivity contribution < 1.29 is 53.4 Å². The topological polar surface area (TPSA) is 73.9 Å². The zero-order valence-electron chi connectivity index (χ0n) is 17.5. The Balaban J connectivity index is 2.27. The van der Waals surface area contributed by atoms with Crippen molar-refractivity contribution in [1.82, 2.24) is 0 Å². The van der Waals surface area contributed by atoms with E-state index in [4.69, 9.17) is 10.00 Å². The summed E-state index contributed by atoms with van der Waals surface area (Å²) in [5.74, 6) is -11.9. The van der Waals surface area contributed by atoms with Crippen LogP contribution in [-0.4, -0.2) is 5.78 Å². The van der Waals surface area contributed by atoms with Gasteiger partial charge in [-0.05, 0) is 30.4 Å². The number of benzene rings is 2. The van der Waals surface area contributed by atoms with Gasteiger partial charge in [-0.1, -0.05) is 0 Å². The highest BCUT2D eigenvalue weighted by atomic mass is 19.4. The largest absolute Gasteiger partial charge is 0.457 e. The van der Waals surface area contributed by atoms with Crippen molar-refractivity contribution in [3.63, 3.8) is 0 Å². The molecule has 0 bridgehead atoms. The van der Waals surface area contributed by atoms with Gasteiger partial charge in [-0.2, -0.15) is 36.9 Å². The fourth-order valence-corrected chi connectivity index (χ4v) is 3.11. The van der Waals surface area contributed by atoms with Crippen LogP contribution in [0.15, 0.2) is 47.8 Å². The maximum absolute atomic E-state index is 14.6. The minimum Gasteiger partial charge on any atom is -0.457 e. The minimum absolute atomic E-state index is 0.116. The molecule has 0 saturated heterocycles. The Bertz CT molecular complexity index is 1440. The molecule has 1 aliphatic rings. The van der Waals surface area contributed by atoms with Crippen molar-refractivity contribution in [2.75, 3.05) is 0 Å². The maximum Gasteiger partial charge on any atom is 0.416 e. The predicted molar refractivity (Wildman–Crippen MR) is 103 cm³/mol. The zero-order chi connectivity index (χ0) is 27.9.